The number of benzene rings is 1. The Balaban J connectivity index is 3.26. The van der Waals surface area contributed by atoms with Crippen molar-refractivity contribution in [1.82, 2.24) is 5.32 Å². The molecule has 5 heteroatoms. The molecule has 0 bridgehead atoms. The van der Waals surface area contributed by atoms with Gasteiger partial charge in [-0.15, -0.1) is 0 Å². The minimum Gasteiger partial charge on any atom is -0.493 e. The summed E-state index contributed by atoms with van der Waals surface area (Å²) in [6, 6.07) is 3.83. The predicted octanol–water partition coefficient (Wildman–Crippen LogP) is 1.62. The number of rotatable bonds is 7. The molecule has 5 nitrogen and oxygen atoms in total. The third kappa shape index (κ3) is 2.86. The maximum atomic E-state index is 5.44. The minimum absolute atomic E-state index is 0.0322. The van der Waals surface area contributed by atoms with E-state index in [-0.39, 0.29) is 6.04 Å². The highest BCUT2D eigenvalue weighted by Gasteiger charge is 2.21. The molecule has 0 aromatic heterocycles. The zero-order chi connectivity index (χ0) is 13.5. The lowest BCUT2D eigenvalue weighted by Gasteiger charge is -2.21. The third-order valence-electron chi connectivity index (χ3n) is 2.79. The van der Waals surface area contributed by atoms with E-state index in [0.717, 1.165) is 5.56 Å². The van der Waals surface area contributed by atoms with Gasteiger partial charge in [0.25, 0.3) is 0 Å². The van der Waals surface area contributed by atoms with Gasteiger partial charge in [0.15, 0.2) is 11.5 Å². The minimum atomic E-state index is 0.0322. The summed E-state index contributed by atoms with van der Waals surface area (Å²) in [7, 11) is 8.34. The van der Waals surface area contributed by atoms with Crippen LogP contribution < -0.4 is 19.5 Å². The Morgan fingerprint density at radius 3 is 2.11 bits per heavy atom. The topological polar surface area (TPSA) is 49.0 Å². The second-order valence-corrected chi connectivity index (χ2v) is 3.72. The van der Waals surface area contributed by atoms with E-state index in [1.54, 1.807) is 28.4 Å². The maximum absolute atomic E-state index is 5.44. The van der Waals surface area contributed by atoms with Gasteiger partial charge in [-0.3, -0.25) is 0 Å². The summed E-state index contributed by atoms with van der Waals surface area (Å²) in [5.41, 5.74) is 0.972. The van der Waals surface area contributed by atoms with Crippen molar-refractivity contribution < 1.29 is 18.9 Å². The van der Waals surface area contributed by atoms with Crippen LogP contribution in [-0.4, -0.2) is 42.1 Å². The van der Waals surface area contributed by atoms with Crippen LogP contribution in [0.25, 0.3) is 0 Å². The summed E-state index contributed by atoms with van der Waals surface area (Å²) in [5, 5.41) is 3.18. The van der Waals surface area contributed by atoms with Crippen molar-refractivity contribution in [3.8, 4) is 17.2 Å². The zero-order valence-electron chi connectivity index (χ0n) is 11.6. The van der Waals surface area contributed by atoms with Gasteiger partial charge >= 0.3 is 0 Å². The highest BCUT2D eigenvalue weighted by molar-refractivity contribution is 5.56. The van der Waals surface area contributed by atoms with Crippen LogP contribution in [0.2, 0.25) is 0 Å². The Kier molecular flexibility index (Phi) is 5.74. The van der Waals surface area contributed by atoms with Gasteiger partial charge in [0, 0.05) is 12.7 Å². The Morgan fingerprint density at radius 2 is 1.67 bits per heavy atom. The average Bonchev–Trinajstić information content (AvgIpc) is 2.42. The molecule has 0 saturated heterocycles. The smallest absolute Gasteiger partial charge is 0.203 e. The summed E-state index contributed by atoms with van der Waals surface area (Å²) in [4.78, 5) is 0. The zero-order valence-corrected chi connectivity index (χ0v) is 11.6. The van der Waals surface area contributed by atoms with E-state index in [2.05, 4.69) is 5.32 Å². The van der Waals surface area contributed by atoms with Crippen LogP contribution in [0.5, 0.6) is 17.2 Å². The number of hydrogen-bond acceptors (Lipinski definition) is 5. The molecule has 1 aromatic rings. The van der Waals surface area contributed by atoms with E-state index in [0.29, 0.717) is 23.9 Å². The van der Waals surface area contributed by atoms with Crippen LogP contribution in [-0.2, 0) is 4.74 Å². The first-order valence-electron chi connectivity index (χ1n) is 5.68. The second-order valence-electron chi connectivity index (χ2n) is 3.72. The van der Waals surface area contributed by atoms with Gasteiger partial charge < -0.3 is 24.3 Å². The molecule has 18 heavy (non-hydrogen) atoms. The fourth-order valence-corrected chi connectivity index (χ4v) is 1.89. The maximum Gasteiger partial charge on any atom is 0.203 e. The van der Waals surface area contributed by atoms with Crippen molar-refractivity contribution in [2.45, 2.75) is 6.04 Å². The van der Waals surface area contributed by atoms with Crippen LogP contribution >= 0.6 is 0 Å². The van der Waals surface area contributed by atoms with E-state index >= 15 is 0 Å². The Morgan fingerprint density at radius 1 is 1.00 bits per heavy atom. The molecule has 0 amide bonds. The van der Waals surface area contributed by atoms with E-state index < -0.39 is 0 Å². The van der Waals surface area contributed by atoms with Gasteiger partial charge in [0.2, 0.25) is 5.75 Å². The normalized spacial score (nSPS) is 12.1. The van der Waals surface area contributed by atoms with Crippen LogP contribution in [0, 0.1) is 0 Å². The first-order valence-corrected chi connectivity index (χ1v) is 5.68. The third-order valence-corrected chi connectivity index (χ3v) is 2.79. The van der Waals surface area contributed by atoms with Gasteiger partial charge in [-0.2, -0.15) is 0 Å². The molecule has 0 heterocycles. The molecule has 1 aromatic carbocycles. The standard InChI is InChI=1S/C13H21NO4/c1-14-10(8-15-2)9-6-7-11(16-3)13(18-5)12(9)17-4/h6-7,10,14H,8H2,1-5H3. The molecule has 0 aliphatic carbocycles. The highest BCUT2D eigenvalue weighted by atomic mass is 16.5. The summed E-state index contributed by atoms with van der Waals surface area (Å²) < 4.78 is 21.2. The van der Waals surface area contributed by atoms with Crippen LogP contribution in [0.1, 0.15) is 11.6 Å². The largest absolute Gasteiger partial charge is 0.493 e. The van der Waals surface area contributed by atoms with Crippen molar-refractivity contribution in [2.24, 2.45) is 0 Å². The molecule has 0 aliphatic rings. The molecule has 0 radical (unpaired) electrons. The van der Waals surface area contributed by atoms with Crippen molar-refractivity contribution in [1.29, 1.82) is 0 Å². The van der Waals surface area contributed by atoms with E-state index in [1.807, 2.05) is 19.2 Å². The lowest BCUT2D eigenvalue weighted by molar-refractivity contribution is 0.168. The van der Waals surface area contributed by atoms with Crippen LogP contribution in [0.4, 0.5) is 0 Å². The fourth-order valence-electron chi connectivity index (χ4n) is 1.89. The van der Waals surface area contributed by atoms with Gasteiger partial charge in [-0.05, 0) is 19.2 Å². The van der Waals surface area contributed by atoms with Crippen LogP contribution in [0.15, 0.2) is 12.1 Å². The first-order chi connectivity index (χ1) is 8.73. The van der Waals surface area contributed by atoms with Crippen molar-refractivity contribution in [2.75, 3.05) is 42.1 Å². The molecule has 1 N–H and O–H groups in total. The van der Waals surface area contributed by atoms with Gasteiger partial charge in [-0.25, -0.2) is 0 Å². The lowest BCUT2D eigenvalue weighted by atomic mass is 10.1. The molecule has 0 spiro atoms. The lowest BCUT2D eigenvalue weighted by Crippen LogP contribution is -2.22. The monoisotopic (exact) mass is 255 g/mol. The average molecular weight is 255 g/mol. The van der Waals surface area contributed by atoms with Crippen molar-refractivity contribution in [3.05, 3.63) is 17.7 Å². The Bertz CT molecular complexity index is 381. The molecular formula is C13H21NO4. The molecule has 1 atom stereocenters. The quantitative estimate of drug-likeness (QED) is 0.802. The molecular weight excluding hydrogens is 234 g/mol. The summed E-state index contributed by atoms with van der Waals surface area (Å²) in [6.45, 7) is 0.544. The summed E-state index contributed by atoms with van der Waals surface area (Å²) >= 11 is 0. The molecule has 1 unspecified atom stereocenters. The summed E-state index contributed by atoms with van der Waals surface area (Å²) in [6.07, 6.45) is 0. The molecule has 102 valence electrons. The number of methoxy groups -OCH3 is 4. The number of likely N-dealkylation sites (N-methyl/N-ethyl adjacent to an activating group) is 1. The van der Waals surface area contributed by atoms with Crippen molar-refractivity contribution >= 4 is 0 Å². The first kappa shape index (κ1) is 14.6. The molecule has 1 rings (SSSR count). The fraction of sp³-hybridized carbons (Fsp3) is 0.538. The van der Waals surface area contributed by atoms with Crippen molar-refractivity contribution in [3.63, 3.8) is 0 Å². The van der Waals surface area contributed by atoms with E-state index in [9.17, 15) is 0 Å². The Hall–Kier alpha value is -1.46. The number of hydrogen-bond donors (Lipinski definition) is 1. The molecule has 0 fully saturated rings. The van der Waals surface area contributed by atoms with Crippen LogP contribution in [0.3, 0.4) is 0 Å². The molecule has 0 aliphatic heterocycles. The molecule has 0 saturated carbocycles. The highest BCUT2D eigenvalue weighted by Crippen LogP contribution is 2.41. The van der Waals surface area contributed by atoms with Gasteiger partial charge in [0.05, 0.1) is 34.0 Å². The van der Waals surface area contributed by atoms with Gasteiger partial charge in [0.1, 0.15) is 0 Å². The number of ether oxygens (including phenoxy) is 4. The van der Waals surface area contributed by atoms with E-state index in [4.69, 9.17) is 18.9 Å². The predicted molar refractivity (Wildman–Crippen MR) is 69.8 cm³/mol. The second kappa shape index (κ2) is 7.08. The number of nitrogens with one attached hydrogen (secondary N) is 1. The van der Waals surface area contributed by atoms with E-state index in [1.165, 1.54) is 0 Å². The Labute approximate surface area is 108 Å². The SMILES string of the molecule is CNC(COC)c1ccc(OC)c(OC)c1OC. The summed E-state index contributed by atoms with van der Waals surface area (Å²) in [5.74, 6) is 1.90. The van der Waals surface area contributed by atoms with Gasteiger partial charge in [-0.1, -0.05) is 0 Å².